The lowest BCUT2D eigenvalue weighted by molar-refractivity contribution is -0.122. The van der Waals surface area contributed by atoms with Gasteiger partial charge < -0.3 is 10.1 Å². The molecule has 2 atom stereocenters. The largest absolute Gasteiger partial charge is 0.461 e. The van der Waals surface area contributed by atoms with Crippen LogP contribution in [-0.4, -0.2) is 12.1 Å². The summed E-state index contributed by atoms with van der Waals surface area (Å²) < 4.78 is 5.18. The minimum absolute atomic E-state index is 0.142. The van der Waals surface area contributed by atoms with Gasteiger partial charge in [-0.05, 0) is 12.0 Å². The van der Waals surface area contributed by atoms with E-state index in [0.717, 1.165) is 0 Å². The molecule has 0 fully saturated rings. The van der Waals surface area contributed by atoms with Crippen LogP contribution in [0.2, 0.25) is 0 Å². The Labute approximate surface area is 77.2 Å². The Hall–Kier alpha value is -1.50. The molecule has 1 aliphatic rings. The van der Waals surface area contributed by atoms with Crippen LogP contribution in [0.1, 0.15) is 20.3 Å². The van der Waals surface area contributed by atoms with Crippen LogP contribution in [0.15, 0.2) is 11.8 Å². The number of rotatable bonds is 1. The van der Waals surface area contributed by atoms with Crippen molar-refractivity contribution in [2.75, 3.05) is 0 Å². The summed E-state index contributed by atoms with van der Waals surface area (Å²) in [5, 5.41) is 11.2. The molecule has 0 spiro atoms. The highest BCUT2D eigenvalue weighted by atomic mass is 16.5. The van der Waals surface area contributed by atoms with E-state index in [2.05, 4.69) is 5.32 Å². The predicted molar refractivity (Wildman–Crippen MR) is 46.2 cm³/mol. The first-order chi connectivity index (χ1) is 6.11. The maximum Gasteiger partial charge on any atom is 0.219 e. The molecule has 0 radical (unpaired) electrons. The number of carbonyl (C=O) groups is 1. The first-order valence-corrected chi connectivity index (χ1v) is 4.17. The summed E-state index contributed by atoms with van der Waals surface area (Å²) in [6.07, 6.45) is 2.12. The Morgan fingerprint density at radius 1 is 1.85 bits per heavy atom. The molecule has 0 bridgehead atoms. The SMILES string of the molecule is CC(=O)NC1CC(C)C=C(C#N)O1. The predicted octanol–water partition coefficient (Wildman–Crippen LogP) is 0.912. The van der Waals surface area contributed by atoms with Gasteiger partial charge in [-0.3, -0.25) is 4.79 Å². The van der Waals surface area contributed by atoms with Gasteiger partial charge in [0, 0.05) is 13.3 Å². The minimum Gasteiger partial charge on any atom is -0.461 e. The van der Waals surface area contributed by atoms with Crippen molar-refractivity contribution in [3.63, 3.8) is 0 Å². The van der Waals surface area contributed by atoms with Gasteiger partial charge in [-0.2, -0.15) is 5.26 Å². The molecule has 4 nitrogen and oxygen atoms in total. The molecule has 0 saturated carbocycles. The standard InChI is InChI=1S/C9H12N2O2/c1-6-3-8(5-10)13-9(4-6)11-7(2)12/h3,6,9H,4H2,1-2H3,(H,11,12). The molecule has 1 heterocycles. The quantitative estimate of drug-likeness (QED) is 0.652. The Kier molecular flexibility index (Phi) is 2.91. The van der Waals surface area contributed by atoms with Crippen LogP contribution in [0.3, 0.4) is 0 Å². The number of carbonyl (C=O) groups excluding carboxylic acids is 1. The molecule has 0 aliphatic carbocycles. The van der Waals surface area contributed by atoms with Crippen LogP contribution in [0.25, 0.3) is 0 Å². The molecule has 2 unspecified atom stereocenters. The number of allylic oxidation sites excluding steroid dienone is 2. The Morgan fingerprint density at radius 2 is 2.54 bits per heavy atom. The highest BCUT2D eigenvalue weighted by Gasteiger charge is 2.21. The molecule has 4 heteroatoms. The smallest absolute Gasteiger partial charge is 0.219 e. The molecular formula is C9H12N2O2. The third-order valence-corrected chi connectivity index (χ3v) is 1.77. The second-order valence-corrected chi connectivity index (χ2v) is 3.16. The summed E-state index contributed by atoms with van der Waals surface area (Å²) in [6.45, 7) is 3.41. The summed E-state index contributed by atoms with van der Waals surface area (Å²) in [6, 6.07) is 1.93. The number of nitrogens with one attached hydrogen (secondary N) is 1. The molecule has 0 aromatic rings. The summed E-state index contributed by atoms with van der Waals surface area (Å²) in [7, 11) is 0. The fraction of sp³-hybridized carbons (Fsp3) is 0.556. The summed E-state index contributed by atoms with van der Waals surface area (Å²) >= 11 is 0. The first-order valence-electron chi connectivity index (χ1n) is 4.17. The number of amides is 1. The van der Waals surface area contributed by atoms with E-state index in [4.69, 9.17) is 10.00 Å². The highest BCUT2D eigenvalue weighted by molar-refractivity contribution is 5.73. The summed E-state index contributed by atoms with van der Waals surface area (Å²) in [5.74, 6) is 0.411. The third-order valence-electron chi connectivity index (χ3n) is 1.77. The van der Waals surface area contributed by atoms with Crippen molar-refractivity contribution in [1.29, 1.82) is 5.26 Å². The van der Waals surface area contributed by atoms with Crippen molar-refractivity contribution in [3.8, 4) is 6.07 Å². The van der Waals surface area contributed by atoms with E-state index in [9.17, 15) is 4.79 Å². The van der Waals surface area contributed by atoms with Crippen molar-refractivity contribution in [2.45, 2.75) is 26.5 Å². The summed E-state index contributed by atoms with van der Waals surface area (Å²) in [5.41, 5.74) is 0. The molecular weight excluding hydrogens is 168 g/mol. The average molecular weight is 180 g/mol. The van der Waals surface area contributed by atoms with Crippen molar-refractivity contribution in [1.82, 2.24) is 5.32 Å². The number of hydrogen-bond donors (Lipinski definition) is 1. The number of hydrogen-bond acceptors (Lipinski definition) is 3. The van der Waals surface area contributed by atoms with Crippen LogP contribution in [0.5, 0.6) is 0 Å². The topological polar surface area (TPSA) is 62.1 Å². The lowest BCUT2D eigenvalue weighted by atomic mass is 10.0. The van der Waals surface area contributed by atoms with E-state index in [1.54, 1.807) is 6.08 Å². The van der Waals surface area contributed by atoms with Gasteiger partial charge in [0.2, 0.25) is 5.91 Å². The Balaban J connectivity index is 2.60. The molecule has 13 heavy (non-hydrogen) atoms. The van der Waals surface area contributed by atoms with Gasteiger partial charge in [0.1, 0.15) is 6.07 Å². The van der Waals surface area contributed by atoms with Gasteiger partial charge in [0.25, 0.3) is 0 Å². The van der Waals surface area contributed by atoms with Gasteiger partial charge in [0.05, 0.1) is 0 Å². The van der Waals surface area contributed by atoms with Crippen molar-refractivity contribution < 1.29 is 9.53 Å². The zero-order valence-electron chi connectivity index (χ0n) is 7.70. The molecule has 1 N–H and O–H groups in total. The second kappa shape index (κ2) is 3.94. The van der Waals surface area contributed by atoms with E-state index in [-0.39, 0.29) is 23.8 Å². The Bertz CT molecular complexity index is 278. The van der Waals surface area contributed by atoms with Gasteiger partial charge >= 0.3 is 0 Å². The first kappa shape index (κ1) is 9.59. The number of ether oxygens (including phenoxy) is 1. The van der Waals surface area contributed by atoms with Crippen LogP contribution in [0, 0.1) is 17.2 Å². The van der Waals surface area contributed by atoms with Gasteiger partial charge in [-0.15, -0.1) is 0 Å². The van der Waals surface area contributed by atoms with E-state index >= 15 is 0 Å². The monoisotopic (exact) mass is 180 g/mol. The fourth-order valence-electron chi connectivity index (χ4n) is 1.28. The number of nitriles is 1. The third kappa shape index (κ3) is 2.79. The molecule has 1 amide bonds. The lowest BCUT2D eigenvalue weighted by Crippen LogP contribution is -2.38. The molecule has 0 saturated heterocycles. The van der Waals surface area contributed by atoms with Crippen molar-refractivity contribution >= 4 is 5.91 Å². The molecule has 1 rings (SSSR count). The average Bonchev–Trinajstić information content (AvgIpc) is 2.01. The molecule has 1 aliphatic heterocycles. The maximum absolute atomic E-state index is 10.7. The highest BCUT2D eigenvalue weighted by Crippen LogP contribution is 2.19. The van der Waals surface area contributed by atoms with Crippen LogP contribution in [-0.2, 0) is 9.53 Å². The van der Waals surface area contributed by atoms with E-state index in [1.807, 2.05) is 13.0 Å². The molecule has 70 valence electrons. The lowest BCUT2D eigenvalue weighted by Gasteiger charge is -2.25. The molecule has 0 aromatic carbocycles. The van der Waals surface area contributed by atoms with Crippen LogP contribution >= 0.6 is 0 Å². The second-order valence-electron chi connectivity index (χ2n) is 3.16. The minimum atomic E-state index is -0.354. The fourth-order valence-corrected chi connectivity index (χ4v) is 1.28. The van der Waals surface area contributed by atoms with Gasteiger partial charge in [-0.1, -0.05) is 6.92 Å². The molecule has 0 aromatic heterocycles. The van der Waals surface area contributed by atoms with Gasteiger partial charge in [-0.25, -0.2) is 0 Å². The maximum atomic E-state index is 10.7. The van der Waals surface area contributed by atoms with E-state index in [0.29, 0.717) is 6.42 Å². The normalized spacial score (nSPS) is 26.7. The number of nitrogens with zero attached hydrogens (tertiary/aromatic N) is 1. The Morgan fingerprint density at radius 3 is 3.08 bits per heavy atom. The van der Waals surface area contributed by atoms with Crippen LogP contribution < -0.4 is 5.32 Å². The zero-order valence-corrected chi connectivity index (χ0v) is 7.70. The zero-order chi connectivity index (χ0) is 9.84. The van der Waals surface area contributed by atoms with Crippen molar-refractivity contribution in [3.05, 3.63) is 11.8 Å². The summed E-state index contributed by atoms with van der Waals surface area (Å²) in [4.78, 5) is 10.7. The van der Waals surface area contributed by atoms with Crippen LogP contribution in [0.4, 0.5) is 0 Å². The van der Waals surface area contributed by atoms with Crippen molar-refractivity contribution in [2.24, 2.45) is 5.92 Å². The van der Waals surface area contributed by atoms with E-state index in [1.165, 1.54) is 6.92 Å². The van der Waals surface area contributed by atoms with E-state index < -0.39 is 0 Å². The van der Waals surface area contributed by atoms with Gasteiger partial charge in [0.15, 0.2) is 12.0 Å².